The lowest BCUT2D eigenvalue weighted by molar-refractivity contribution is -0.120. The number of aryl methyl sites for hydroxylation is 1. The Kier molecular flexibility index (Phi) is 4.97. The van der Waals surface area contributed by atoms with Gasteiger partial charge in [0.2, 0.25) is 5.91 Å². The Labute approximate surface area is 130 Å². The number of nitriles is 1. The summed E-state index contributed by atoms with van der Waals surface area (Å²) >= 11 is 0. The minimum absolute atomic E-state index is 0.159. The average molecular weight is 297 g/mol. The fourth-order valence-electron chi connectivity index (χ4n) is 2.08. The minimum Gasteiger partial charge on any atom is -0.465 e. The van der Waals surface area contributed by atoms with Crippen molar-refractivity contribution in [2.45, 2.75) is 26.4 Å². The molecule has 0 bridgehead atoms. The Morgan fingerprint density at radius 1 is 1.36 bits per heavy atom. The summed E-state index contributed by atoms with van der Waals surface area (Å²) < 4.78 is 5.52. The molecule has 5 nitrogen and oxygen atoms in total. The van der Waals surface area contributed by atoms with Gasteiger partial charge in [-0.05, 0) is 45.2 Å². The molecule has 0 aliphatic carbocycles. The summed E-state index contributed by atoms with van der Waals surface area (Å²) in [4.78, 5) is 14.2. The molecule has 0 spiro atoms. The molecule has 1 atom stereocenters. The van der Waals surface area contributed by atoms with Gasteiger partial charge in [-0.15, -0.1) is 0 Å². The van der Waals surface area contributed by atoms with E-state index >= 15 is 0 Å². The summed E-state index contributed by atoms with van der Waals surface area (Å²) in [7, 11) is 1.86. The zero-order chi connectivity index (χ0) is 16.1. The number of carbonyl (C=O) groups is 1. The summed E-state index contributed by atoms with van der Waals surface area (Å²) in [6, 6.07) is 12.5. The SMILES string of the molecule is Cc1ccc(CN(C)[C@H](C)C(=O)Nc2ccccc2C#N)o1. The number of para-hydroxylation sites is 1. The van der Waals surface area contributed by atoms with Crippen LogP contribution in [0, 0.1) is 18.3 Å². The number of benzene rings is 1. The van der Waals surface area contributed by atoms with E-state index in [1.807, 2.05) is 37.9 Å². The molecule has 22 heavy (non-hydrogen) atoms. The molecule has 0 aliphatic rings. The molecule has 5 heteroatoms. The maximum absolute atomic E-state index is 12.3. The van der Waals surface area contributed by atoms with E-state index in [4.69, 9.17) is 9.68 Å². The number of likely N-dealkylation sites (N-methyl/N-ethyl adjacent to an activating group) is 1. The van der Waals surface area contributed by atoms with Crippen LogP contribution < -0.4 is 5.32 Å². The van der Waals surface area contributed by atoms with Crippen LogP contribution in [0.25, 0.3) is 0 Å². The highest BCUT2D eigenvalue weighted by atomic mass is 16.3. The second-order valence-corrected chi connectivity index (χ2v) is 5.25. The molecule has 114 valence electrons. The van der Waals surface area contributed by atoms with Gasteiger partial charge in [-0.2, -0.15) is 5.26 Å². The lowest BCUT2D eigenvalue weighted by atomic mass is 10.2. The molecule has 1 N–H and O–H groups in total. The fourth-order valence-corrected chi connectivity index (χ4v) is 2.08. The van der Waals surface area contributed by atoms with Crippen LogP contribution in [0.4, 0.5) is 5.69 Å². The van der Waals surface area contributed by atoms with Crippen LogP contribution in [0.1, 0.15) is 24.0 Å². The third-order valence-corrected chi connectivity index (χ3v) is 3.55. The molecule has 2 rings (SSSR count). The molecule has 1 aromatic heterocycles. The highest BCUT2D eigenvalue weighted by molar-refractivity contribution is 5.95. The van der Waals surface area contributed by atoms with Crippen LogP contribution in [-0.2, 0) is 11.3 Å². The maximum atomic E-state index is 12.3. The van der Waals surface area contributed by atoms with Crippen molar-refractivity contribution >= 4 is 11.6 Å². The molecule has 0 aliphatic heterocycles. The lowest BCUT2D eigenvalue weighted by Crippen LogP contribution is -2.39. The zero-order valence-corrected chi connectivity index (χ0v) is 13.0. The summed E-state index contributed by atoms with van der Waals surface area (Å²) in [5.74, 6) is 1.51. The van der Waals surface area contributed by atoms with Gasteiger partial charge in [-0.25, -0.2) is 0 Å². The van der Waals surface area contributed by atoms with Crippen molar-refractivity contribution in [3.63, 3.8) is 0 Å². The Morgan fingerprint density at radius 2 is 2.09 bits per heavy atom. The topological polar surface area (TPSA) is 69.3 Å². The van der Waals surface area contributed by atoms with Gasteiger partial charge in [0.15, 0.2) is 0 Å². The molecular formula is C17H19N3O2. The molecule has 1 amide bonds. The van der Waals surface area contributed by atoms with Gasteiger partial charge in [-0.3, -0.25) is 9.69 Å². The van der Waals surface area contributed by atoms with Crippen LogP contribution in [0.3, 0.4) is 0 Å². The largest absolute Gasteiger partial charge is 0.465 e. The Balaban J connectivity index is 2.01. The van der Waals surface area contributed by atoms with Crippen molar-refractivity contribution in [3.8, 4) is 6.07 Å². The van der Waals surface area contributed by atoms with E-state index in [9.17, 15) is 4.79 Å². The predicted octanol–water partition coefficient (Wildman–Crippen LogP) is 2.92. The predicted molar refractivity (Wildman–Crippen MR) is 84.2 cm³/mol. The minimum atomic E-state index is -0.350. The first kappa shape index (κ1) is 15.8. The van der Waals surface area contributed by atoms with Crippen molar-refractivity contribution in [3.05, 3.63) is 53.5 Å². The molecule has 0 unspecified atom stereocenters. The second-order valence-electron chi connectivity index (χ2n) is 5.25. The Hall–Kier alpha value is -2.58. The molecule has 0 saturated heterocycles. The molecule has 0 fully saturated rings. The maximum Gasteiger partial charge on any atom is 0.241 e. The van der Waals surface area contributed by atoms with Gasteiger partial charge in [0.05, 0.1) is 23.8 Å². The number of hydrogen-bond donors (Lipinski definition) is 1. The van der Waals surface area contributed by atoms with Gasteiger partial charge in [0, 0.05) is 0 Å². The number of nitrogens with zero attached hydrogens (tertiary/aromatic N) is 2. The van der Waals surface area contributed by atoms with Crippen molar-refractivity contribution in [2.24, 2.45) is 0 Å². The quantitative estimate of drug-likeness (QED) is 0.921. The van der Waals surface area contributed by atoms with Crippen molar-refractivity contribution in [1.29, 1.82) is 5.26 Å². The number of anilines is 1. The lowest BCUT2D eigenvalue weighted by Gasteiger charge is -2.23. The number of nitrogens with one attached hydrogen (secondary N) is 1. The van der Waals surface area contributed by atoms with Gasteiger partial charge in [0.1, 0.15) is 17.6 Å². The summed E-state index contributed by atoms with van der Waals surface area (Å²) in [6.07, 6.45) is 0. The second kappa shape index (κ2) is 6.92. The van der Waals surface area contributed by atoms with E-state index in [1.165, 1.54) is 0 Å². The van der Waals surface area contributed by atoms with Crippen molar-refractivity contribution in [1.82, 2.24) is 4.90 Å². The van der Waals surface area contributed by atoms with Gasteiger partial charge in [0.25, 0.3) is 0 Å². The highest BCUT2D eigenvalue weighted by Gasteiger charge is 2.20. The molecule has 1 aromatic carbocycles. The van der Waals surface area contributed by atoms with Crippen molar-refractivity contribution in [2.75, 3.05) is 12.4 Å². The van der Waals surface area contributed by atoms with Crippen molar-refractivity contribution < 1.29 is 9.21 Å². The zero-order valence-electron chi connectivity index (χ0n) is 13.0. The van der Waals surface area contributed by atoms with E-state index in [-0.39, 0.29) is 11.9 Å². The third kappa shape index (κ3) is 3.74. The molecule has 1 heterocycles. The number of rotatable bonds is 5. The average Bonchev–Trinajstić information content (AvgIpc) is 2.92. The van der Waals surface area contributed by atoms with Crippen LogP contribution in [0.5, 0.6) is 0 Å². The monoisotopic (exact) mass is 297 g/mol. The Morgan fingerprint density at radius 3 is 2.73 bits per heavy atom. The molecule has 2 aromatic rings. The van der Waals surface area contributed by atoms with Gasteiger partial charge >= 0.3 is 0 Å². The summed E-state index contributed by atoms with van der Waals surface area (Å²) in [6.45, 7) is 4.25. The normalized spacial score (nSPS) is 12.0. The van der Waals surface area contributed by atoms with Gasteiger partial charge < -0.3 is 9.73 Å². The first-order chi connectivity index (χ1) is 10.5. The van der Waals surface area contributed by atoms with Crippen LogP contribution in [0.2, 0.25) is 0 Å². The standard InChI is InChI=1S/C17H19N3O2/c1-12-8-9-15(22-12)11-20(3)13(2)17(21)19-16-7-5-4-6-14(16)10-18/h4-9,13H,11H2,1-3H3,(H,19,21)/t13-/m1/s1. The van der Waals surface area contributed by atoms with Crippen LogP contribution >= 0.6 is 0 Å². The third-order valence-electron chi connectivity index (χ3n) is 3.55. The smallest absolute Gasteiger partial charge is 0.241 e. The summed E-state index contributed by atoms with van der Waals surface area (Å²) in [5.41, 5.74) is 0.983. The van der Waals surface area contributed by atoms with E-state index < -0.39 is 0 Å². The molecule has 0 radical (unpaired) electrons. The van der Waals surface area contributed by atoms with E-state index in [2.05, 4.69) is 11.4 Å². The van der Waals surface area contributed by atoms with Crippen LogP contribution in [0.15, 0.2) is 40.8 Å². The number of carbonyl (C=O) groups excluding carboxylic acids is 1. The molecular weight excluding hydrogens is 278 g/mol. The first-order valence-electron chi connectivity index (χ1n) is 7.07. The number of hydrogen-bond acceptors (Lipinski definition) is 4. The molecule has 0 saturated carbocycles. The highest BCUT2D eigenvalue weighted by Crippen LogP contribution is 2.15. The van der Waals surface area contributed by atoms with E-state index in [1.54, 1.807) is 24.3 Å². The summed E-state index contributed by atoms with van der Waals surface area (Å²) in [5, 5.41) is 11.9. The van der Waals surface area contributed by atoms with Crippen LogP contribution in [-0.4, -0.2) is 23.9 Å². The Bertz CT molecular complexity index is 700. The van der Waals surface area contributed by atoms with Gasteiger partial charge in [-0.1, -0.05) is 12.1 Å². The number of amides is 1. The van der Waals surface area contributed by atoms with E-state index in [0.29, 0.717) is 17.8 Å². The first-order valence-corrected chi connectivity index (χ1v) is 7.07. The fraction of sp³-hybridized carbons (Fsp3) is 0.294. The number of furan rings is 1. The van der Waals surface area contributed by atoms with E-state index in [0.717, 1.165) is 11.5 Å².